The van der Waals surface area contributed by atoms with Gasteiger partial charge in [0.2, 0.25) is 10.0 Å². The predicted molar refractivity (Wildman–Crippen MR) is 88.6 cm³/mol. The van der Waals surface area contributed by atoms with Gasteiger partial charge in [-0.25, -0.2) is 8.42 Å². The van der Waals surface area contributed by atoms with Crippen molar-refractivity contribution in [1.29, 1.82) is 5.26 Å². The van der Waals surface area contributed by atoms with Crippen LogP contribution in [0.1, 0.15) is 6.92 Å². The average molecular weight is 354 g/mol. The van der Waals surface area contributed by atoms with E-state index in [1.807, 2.05) is 6.92 Å². The molecule has 132 valence electrons. The molecule has 1 N–H and O–H groups in total. The highest BCUT2D eigenvalue weighted by Crippen LogP contribution is 2.30. The third kappa shape index (κ3) is 3.98. The zero-order valence-corrected chi connectivity index (χ0v) is 15.1. The van der Waals surface area contributed by atoms with Crippen LogP contribution in [0.3, 0.4) is 0 Å². The molecule has 0 bridgehead atoms. The average Bonchev–Trinajstić information content (AvgIpc) is 2.61. The van der Waals surface area contributed by atoms with Crippen molar-refractivity contribution in [1.82, 2.24) is 4.31 Å². The first-order valence-electron chi connectivity index (χ1n) is 7.87. The number of rotatable bonds is 6. The van der Waals surface area contributed by atoms with Crippen LogP contribution >= 0.6 is 0 Å². The van der Waals surface area contributed by atoms with Crippen molar-refractivity contribution in [3.05, 3.63) is 18.2 Å². The van der Waals surface area contributed by atoms with E-state index < -0.39 is 10.0 Å². The van der Waals surface area contributed by atoms with Crippen molar-refractivity contribution in [2.24, 2.45) is 5.92 Å². The van der Waals surface area contributed by atoms with E-state index >= 15 is 0 Å². The molecule has 8 heteroatoms. The normalized spacial score (nSPS) is 17.9. The molecule has 1 atom stereocenters. The molecule has 1 aliphatic rings. The lowest BCUT2D eigenvalue weighted by molar-refractivity contribution is -0.905. The van der Waals surface area contributed by atoms with Crippen molar-refractivity contribution in [3.63, 3.8) is 0 Å². The Labute approximate surface area is 143 Å². The second-order valence-electron chi connectivity index (χ2n) is 5.91. The molecule has 0 spiro atoms. The van der Waals surface area contributed by atoms with Crippen LogP contribution in [-0.4, -0.2) is 59.7 Å². The van der Waals surface area contributed by atoms with E-state index in [4.69, 9.17) is 14.7 Å². The van der Waals surface area contributed by atoms with Gasteiger partial charge in [0.25, 0.3) is 0 Å². The van der Waals surface area contributed by atoms with E-state index in [2.05, 4.69) is 6.07 Å². The molecule has 1 aromatic carbocycles. The third-order valence-corrected chi connectivity index (χ3v) is 6.15. The van der Waals surface area contributed by atoms with Crippen molar-refractivity contribution < 1.29 is 22.8 Å². The van der Waals surface area contributed by atoms with Crippen molar-refractivity contribution in [2.45, 2.75) is 11.8 Å². The fourth-order valence-electron chi connectivity index (χ4n) is 2.85. The summed E-state index contributed by atoms with van der Waals surface area (Å²) in [7, 11) is -0.698. The number of benzene rings is 1. The number of methoxy groups -OCH3 is 2. The Morgan fingerprint density at radius 3 is 2.50 bits per heavy atom. The highest BCUT2D eigenvalue weighted by molar-refractivity contribution is 7.89. The summed E-state index contributed by atoms with van der Waals surface area (Å²) in [6.07, 6.45) is 0. The summed E-state index contributed by atoms with van der Waals surface area (Å²) in [5.74, 6) is 0.756. The van der Waals surface area contributed by atoms with Gasteiger partial charge in [0, 0.05) is 6.07 Å². The van der Waals surface area contributed by atoms with Gasteiger partial charge in [0.15, 0.2) is 0 Å². The third-order valence-electron chi connectivity index (χ3n) is 4.23. The summed E-state index contributed by atoms with van der Waals surface area (Å²) in [6.45, 7) is 4.87. The number of nitrogens with one attached hydrogen (secondary N) is 1. The molecule has 1 aromatic rings. The van der Waals surface area contributed by atoms with E-state index in [0.717, 1.165) is 6.54 Å². The molecule has 0 radical (unpaired) electrons. The summed E-state index contributed by atoms with van der Waals surface area (Å²) in [6, 6.07) is 6.98. The van der Waals surface area contributed by atoms with Gasteiger partial charge < -0.3 is 14.4 Å². The minimum atomic E-state index is -3.64. The van der Waals surface area contributed by atoms with E-state index in [0.29, 0.717) is 37.7 Å². The molecular formula is C16H24N3O4S+. The van der Waals surface area contributed by atoms with E-state index in [9.17, 15) is 8.42 Å². The molecule has 1 fully saturated rings. The van der Waals surface area contributed by atoms with Crippen LogP contribution in [0.5, 0.6) is 11.5 Å². The second kappa shape index (κ2) is 7.83. The van der Waals surface area contributed by atoms with Gasteiger partial charge in [-0.2, -0.15) is 9.57 Å². The maximum atomic E-state index is 12.9. The molecule has 0 aromatic heterocycles. The van der Waals surface area contributed by atoms with Gasteiger partial charge in [0.05, 0.1) is 58.9 Å². The number of ether oxygens (including phenoxy) is 2. The van der Waals surface area contributed by atoms with Crippen LogP contribution in [0.15, 0.2) is 23.1 Å². The first kappa shape index (κ1) is 18.5. The van der Waals surface area contributed by atoms with Crippen molar-refractivity contribution >= 4 is 10.0 Å². The van der Waals surface area contributed by atoms with Crippen LogP contribution in [0.2, 0.25) is 0 Å². The van der Waals surface area contributed by atoms with Crippen LogP contribution in [-0.2, 0) is 10.0 Å². The van der Waals surface area contributed by atoms with E-state index in [-0.39, 0.29) is 10.8 Å². The van der Waals surface area contributed by atoms with Crippen molar-refractivity contribution in [2.75, 3.05) is 46.9 Å². The molecule has 1 aliphatic heterocycles. The monoisotopic (exact) mass is 354 g/mol. The van der Waals surface area contributed by atoms with Crippen molar-refractivity contribution in [3.8, 4) is 17.6 Å². The summed E-state index contributed by atoms with van der Waals surface area (Å²) in [4.78, 5) is 1.38. The number of quaternary nitrogens is 1. The lowest BCUT2D eigenvalue weighted by Crippen LogP contribution is -3.15. The summed E-state index contributed by atoms with van der Waals surface area (Å²) in [5.41, 5.74) is 0. The predicted octanol–water partition coefficient (Wildman–Crippen LogP) is -0.247. The molecule has 0 saturated carbocycles. The smallest absolute Gasteiger partial charge is 0.247 e. The topological polar surface area (TPSA) is 84.1 Å². The highest BCUT2D eigenvalue weighted by Gasteiger charge is 2.33. The Balaban J connectivity index is 2.16. The molecule has 1 heterocycles. The standard InChI is InChI=1S/C16H23N3O4S/c1-13(11-17)12-18-6-8-19(9-7-18)24(20,21)16-10-14(22-2)4-5-15(16)23-3/h4-5,10,13H,6-9,12H2,1-3H3/p+1/t13-/m1/s1. The first-order valence-corrected chi connectivity index (χ1v) is 9.31. The maximum Gasteiger partial charge on any atom is 0.247 e. The number of nitriles is 1. The molecule has 0 unspecified atom stereocenters. The Bertz CT molecular complexity index is 707. The van der Waals surface area contributed by atoms with Gasteiger partial charge in [0.1, 0.15) is 16.4 Å². The Morgan fingerprint density at radius 2 is 1.96 bits per heavy atom. The van der Waals surface area contributed by atoms with Gasteiger partial charge in [-0.05, 0) is 19.1 Å². The largest absolute Gasteiger partial charge is 0.497 e. The number of hydrogen-bond acceptors (Lipinski definition) is 5. The Kier molecular flexibility index (Phi) is 6.04. The lowest BCUT2D eigenvalue weighted by atomic mass is 10.2. The minimum Gasteiger partial charge on any atom is -0.497 e. The SMILES string of the molecule is COc1ccc(OC)c(S(=O)(=O)N2CC[NH+](C[C@H](C)C#N)CC2)c1. The summed E-state index contributed by atoms with van der Waals surface area (Å²) < 4.78 is 37.7. The van der Waals surface area contributed by atoms with Crippen LogP contribution < -0.4 is 14.4 Å². The van der Waals surface area contributed by atoms with E-state index in [1.54, 1.807) is 12.1 Å². The molecule has 1 saturated heterocycles. The molecular weight excluding hydrogens is 330 g/mol. The van der Waals surface area contributed by atoms with Gasteiger partial charge in [-0.15, -0.1) is 0 Å². The number of piperazine rings is 1. The minimum absolute atomic E-state index is 0.0263. The van der Waals surface area contributed by atoms with E-state index in [1.165, 1.54) is 29.5 Å². The summed E-state index contributed by atoms with van der Waals surface area (Å²) >= 11 is 0. The second-order valence-corrected chi connectivity index (χ2v) is 7.81. The zero-order chi connectivity index (χ0) is 17.7. The number of hydrogen-bond donors (Lipinski definition) is 1. The fraction of sp³-hybridized carbons (Fsp3) is 0.562. The molecule has 0 aliphatic carbocycles. The number of sulfonamides is 1. The zero-order valence-electron chi connectivity index (χ0n) is 14.3. The van der Waals surface area contributed by atoms with Gasteiger partial charge in [-0.1, -0.05) is 0 Å². The Morgan fingerprint density at radius 1 is 1.29 bits per heavy atom. The molecule has 0 amide bonds. The molecule has 7 nitrogen and oxygen atoms in total. The quantitative estimate of drug-likeness (QED) is 0.762. The van der Waals surface area contributed by atoms with Crippen LogP contribution in [0, 0.1) is 17.2 Å². The Hall–Kier alpha value is -1.82. The van der Waals surface area contributed by atoms with Crippen LogP contribution in [0.4, 0.5) is 0 Å². The maximum absolute atomic E-state index is 12.9. The number of nitrogens with zero attached hydrogens (tertiary/aromatic N) is 2. The lowest BCUT2D eigenvalue weighted by Gasteiger charge is -2.32. The van der Waals surface area contributed by atoms with Gasteiger partial charge in [-0.3, -0.25) is 0 Å². The highest BCUT2D eigenvalue weighted by atomic mass is 32.2. The molecule has 24 heavy (non-hydrogen) atoms. The first-order chi connectivity index (χ1) is 11.4. The fourth-order valence-corrected chi connectivity index (χ4v) is 4.46. The van der Waals surface area contributed by atoms with Crippen LogP contribution in [0.25, 0.3) is 0 Å². The molecule has 2 rings (SSSR count). The van der Waals surface area contributed by atoms with Gasteiger partial charge >= 0.3 is 0 Å². The summed E-state index contributed by atoms with van der Waals surface area (Å²) in [5, 5.41) is 8.91.